The molecule has 0 aliphatic heterocycles. The molecule has 100 valence electrons. The molecule has 4 heteroatoms. The Kier molecular flexibility index (Phi) is 3.34. The van der Waals surface area contributed by atoms with Gasteiger partial charge in [0.05, 0.1) is 6.54 Å². The summed E-state index contributed by atoms with van der Waals surface area (Å²) in [5.74, 6) is 3.11. The quantitative estimate of drug-likeness (QED) is 0.918. The highest BCUT2D eigenvalue weighted by molar-refractivity contribution is 5.35. The predicted octanol–water partition coefficient (Wildman–Crippen LogP) is 2.63. The minimum atomic E-state index is 0.420. The third-order valence-corrected chi connectivity index (χ3v) is 4.15. The van der Waals surface area contributed by atoms with Gasteiger partial charge in [0.15, 0.2) is 5.82 Å². The molecule has 0 bridgehead atoms. The second kappa shape index (κ2) is 5.13. The van der Waals surface area contributed by atoms with E-state index in [9.17, 15) is 0 Å². The highest BCUT2D eigenvalue weighted by Gasteiger charge is 2.30. The van der Waals surface area contributed by atoms with Crippen molar-refractivity contribution < 1.29 is 0 Å². The number of aromatic nitrogens is 3. The van der Waals surface area contributed by atoms with E-state index in [-0.39, 0.29) is 0 Å². The topological polar surface area (TPSA) is 56.7 Å². The Morgan fingerprint density at radius 1 is 1.21 bits per heavy atom. The summed E-state index contributed by atoms with van der Waals surface area (Å²) in [4.78, 5) is 0. The van der Waals surface area contributed by atoms with E-state index in [1.54, 1.807) is 0 Å². The van der Waals surface area contributed by atoms with Crippen molar-refractivity contribution in [2.75, 3.05) is 0 Å². The van der Waals surface area contributed by atoms with E-state index in [1.807, 2.05) is 18.2 Å². The standard InChI is InChI=1S/C15H20N4/c1-11-6-5-9-13(11)15-18-17-14(10-16)19(15)12-7-3-2-4-8-12/h2-4,7-8,11,13H,5-6,9-10,16H2,1H3. The summed E-state index contributed by atoms with van der Waals surface area (Å²) in [5, 5.41) is 8.71. The SMILES string of the molecule is CC1CCCC1c1nnc(CN)n1-c1ccccc1. The number of nitrogens with zero attached hydrogens (tertiary/aromatic N) is 3. The Balaban J connectivity index is 2.08. The molecule has 0 radical (unpaired) electrons. The van der Waals surface area contributed by atoms with Crippen LogP contribution in [0.2, 0.25) is 0 Å². The first-order valence-electron chi connectivity index (χ1n) is 7.01. The van der Waals surface area contributed by atoms with Gasteiger partial charge in [-0.15, -0.1) is 10.2 Å². The largest absolute Gasteiger partial charge is 0.324 e. The Morgan fingerprint density at radius 3 is 2.63 bits per heavy atom. The van der Waals surface area contributed by atoms with Crippen molar-refractivity contribution in [3.8, 4) is 5.69 Å². The van der Waals surface area contributed by atoms with Crippen molar-refractivity contribution in [3.05, 3.63) is 42.0 Å². The van der Waals surface area contributed by atoms with Crippen LogP contribution in [0.5, 0.6) is 0 Å². The van der Waals surface area contributed by atoms with E-state index < -0.39 is 0 Å². The zero-order valence-corrected chi connectivity index (χ0v) is 11.3. The minimum Gasteiger partial charge on any atom is -0.324 e. The van der Waals surface area contributed by atoms with Crippen LogP contribution in [0.25, 0.3) is 5.69 Å². The lowest BCUT2D eigenvalue weighted by molar-refractivity contribution is 0.501. The molecule has 1 aromatic carbocycles. The maximum Gasteiger partial charge on any atom is 0.151 e. The number of hydrogen-bond donors (Lipinski definition) is 1. The fourth-order valence-corrected chi connectivity index (χ4v) is 3.09. The first-order valence-corrected chi connectivity index (χ1v) is 7.01. The number of benzene rings is 1. The van der Waals surface area contributed by atoms with Gasteiger partial charge >= 0.3 is 0 Å². The van der Waals surface area contributed by atoms with Gasteiger partial charge in [0, 0.05) is 11.6 Å². The van der Waals surface area contributed by atoms with E-state index >= 15 is 0 Å². The molecular weight excluding hydrogens is 236 g/mol. The third kappa shape index (κ3) is 2.16. The van der Waals surface area contributed by atoms with Crippen LogP contribution in [0.3, 0.4) is 0 Å². The molecule has 2 N–H and O–H groups in total. The molecule has 1 aliphatic carbocycles. The molecule has 0 saturated heterocycles. The molecule has 1 aliphatic rings. The van der Waals surface area contributed by atoms with Crippen LogP contribution in [0, 0.1) is 5.92 Å². The van der Waals surface area contributed by atoms with Gasteiger partial charge in [-0.2, -0.15) is 0 Å². The molecule has 0 spiro atoms. The molecule has 1 aromatic heterocycles. The monoisotopic (exact) mass is 256 g/mol. The lowest BCUT2D eigenvalue weighted by Gasteiger charge is -2.17. The van der Waals surface area contributed by atoms with Crippen molar-refractivity contribution in [1.82, 2.24) is 14.8 Å². The molecule has 3 rings (SSSR count). The Morgan fingerprint density at radius 2 is 2.00 bits per heavy atom. The van der Waals surface area contributed by atoms with Gasteiger partial charge in [0.2, 0.25) is 0 Å². The summed E-state index contributed by atoms with van der Waals surface area (Å²) in [6, 6.07) is 10.3. The van der Waals surface area contributed by atoms with Gasteiger partial charge in [-0.3, -0.25) is 4.57 Å². The van der Waals surface area contributed by atoms with Gasteiger partial charge in [-0.1, -0.05) is 31.5 Å². The van der Waals surface area contributed by atoms with Crippen molar-refractivity contribution in [2.24, 2.45) is 11.7 Å². The second-order valence-electron chi connectivity index (χ2n) is 5.36. The maximum absolute atomic E-state index is 5.81. The molecule has 1 fully saturated rings. The van der Waals surface area contributed by atoms with Gasteiger partial charge in [0.1, 0.15) is 5.82 Å². The van der Waals surface area contributed by atoms with Crippen molar-refractivity contribution in [3.63, 3.8) is 0 Å². The van der Waals surface area contributed by atoms with E-state index in [0.29, 0.717) is 18.4 Å². The van der Waals surface area contributed by atoms with E-state index in [1.165, 1.54) is 19.3 Å². The van der Waals surface area contributed by atoms with Crippen LogP contribution in [-0.2, 0) is 6.54 Å². The minimum absolute atomic E-state index is 0.420. The van der Waals surface area contributed by atoms with Crippen LogP contribution in [-0.4, -0.2) is 14.8 Å². The summed E-state index contributed by atoms with van der Waals surface area (Å²) in [6.07, 6.45) is 3.77. The summed E-state index contributed by atoms with van der Waals surface area (Å²) in [7, 11) is 0. The molecule has 2 unspecified atom stereocenters. The summed E-state index contributed by atoms with van der Waals surface area (Å²) >= 11 is 0. The van der Waals surface area contributed by atoms with Gasteiger partial charge in [-0.05, 0) is 30.9 Å². The lowest BCUT2D eigenvalue weighted by atomic mass is 9.97. The molecule has 4 nitrogen and oxygen atoms in total. The van der Waals surface area contributed by atoms with Gasteiger partial charge in [-0.25, -0.2) is 0 Å². The first kappa shape index (κ1) is 12.4. The first-order chi connectivity index (χ1) is 9.31. The summed E-state index contributed by atoms with van der Waals surface area (Å²) in [5.41, 5.74) is 6.92. The van der Waals surface area contributed by atoms with E-state index in [2.05, 4.69) is 33.8 Å². The smallest absolute Gasteiger partial charge is 0.151 e. The molecule has 2 aromatic rings. The molecular formula is C15H20N4. The second-order valence-corrected chi connectivity index (χ2v) is 5.36. The Hall–Kier alpha value is -1.68. The highest BCUT2D eigenvalue weighted by atomic mass is 15.3. The Labute approximate surface area is 113 Å². The van der Waals surface area contributed by atoms with Gasteiger partial charge < -0.3 is 5.73 Å². The van der Waals surface area contributed by atoms with Crippen molar-refractivity contribution in [2.45, 2.75) is 38.6 Å². The summed E-state index contributed by atoms with van der Waals surface area (Å²) < 4.78 is 2.15. The van der Waals surface area contributed by atoms with Crippen molar-refractivity contribution >= 4 is 0 Å². The Bertz CT molecular complexity index is 547. The normalized spacial score (nSPS) is 22.8. The van der Waals surface area contributed by atoms with Crippen LogP contribution < -0.4 is 5.73 Å². The van der Waals surface area contributed by atoms with Crippen molar-refractivity contribution in [1.29, 1.82) is 0 Å². The lowest BCUT2D eigenvalue weighted by Crippen LogP contribution is -2.13. The molecule has 0 amide bonds. The maximum atomic E-state index is 5.81. The van der Waals surface area contributed by atoms with Crippen LogP contribution in [0.15, 0.2) is 30.3 Å². The molecule has 1 saturated carbocycles. The summed E-state index contributed by atoms with van der Waals surface area (Å²) in [6.45, 7) is 2.73. The van der Waals surface area contributed by atoms with E-state index in [4.69, 9.17) is 5.73 Å². The molecule has 2 atom stereocenters. The van der Waals surface area contributed by atoms with Crippen LogP contribution in [0.4, 0.5) is 0 Å². The number of rotatable bonds is 3. The fourth-order valence-electron chi connectivity index (χ4n) is 3.09. The average molecular weight is 256 g/mol. The molecule has 19 heavy (non-hydrogen) atoms. The highest BCUT2D eigenvalue weighted by Crippen LogP contribution is 2.39. The van der Waals surface area contributed by atoms with Gasteiger partial charge in [0.25, 0.3) is 0 Å². The van der Waals surface area contributed by atoms with Crippen LogP contribution >= 0.6 is 0 Å². The average Bonchev–Trinajstić information content (AvgIpc) is 3.05. The number of para-hydroxylation sites is 1. The zero-order valence-electron chi connectivity index (χ0n) is 11.3. The van der Waals surface area contributed by atoms with E-state index in [0.717, 1.165) is 17.3 Å². The van der Waals surface area contributed by atoms with Crippen LogP contribution in [0.1, 0.15) is 43.8 Å². The predicted molar refractivity (Wildman–Crippen MR) is 75.0 cm³/mol. The number of hydrogen-bond acceptors (Lipinski definition) is 3. The third-order valence-electron chi connectivity index (χ3n) is 4.15. The number of nitrogens with two attached hydrogens (primary N) is 1. The zero-order chi connectivity index (χ0) is 13.2. The molecule has 1 heterocycles. The fraction of sp³-hybridized carbons (Fsp3) is 0.467.